The molecule has 1 aliphatic carbocycles. The maximum atomic E-state index is 12.1. The monoisotopic (exact) mass is 263 g/mol. The first kappa shape index (κ1) is 14.3. The molecule has 0 bridgehead atoms. The zero-order valence-electron chi connectivity index (χ0n) is 12.2. The Hall–Kier alpha value is -1.16. The van der Waals surface area contributed by atoms with Crippen molar-refractivity contribution in [1.82, 2.24) is 14.9 Å². The first-order chi connectivity index (χ1) is 9.24. The number of aromatic amines is 1. The molecule has 1 aromatic heterocycles. The molecule has 0 unspecified atom stereocenters. The number of rotatable bonds is 5. The molecule has 0 fully saturated rings. The van der Waals surface area contributed by atoms with E-state index in [9.17, 15) is 4.79 Å². The Morgan fingerprint density at radius 1 is 1.16 bits per heavy atom. The van der Waals surface area contributed by atoms with E-state index >= 15 is 0 Å². The summed E-state index contributed by atoms with van der Waals surface area (Å²) in [6.45, 7) is 7.39. The van der Waals surface area contributed by atoms with Crippen LogP contribution in [0.15, 0.2) is 4.79 Å². The number of likely N-dealkylation sites (N-methyl/N-ethyl adjacent to an activating group) is 1. The molecule has 0 radical (unpaired) electrons. The van der Waals surface area contributed by atoms with Crippen molar-refractivity contribution in [1.29, 1.82) is 0 Å². The molecule has 0 aromatic carbocycles. The number of hydrogen-bond acceptors (Lipinski definition) is 3. The van der Waals surface area contributed by atoms with Crippen LogP contribution in [-0.2, 0) is 19.3 Å². The van der Waals surface area contributed by atoms with Gasteiger partial charge in [-0.15, -0.1) is 0 Å². The van der Waals surface area contributed by atoms with Gasteiger partial charge in [-0.25, -0.2) is 4.98 Å². The summed E-state index contributed by atoms with van der Waals surface area (Å²) in [7, 11) is 0. The largest absolute Gasteiger partial charge is 0.310 e. The minimum absolute atomic E-state index is 0.0986. The second-order valence-electron chi connectivity index (χ2n) is 5.28. The average Bonchev–Trinajstić information content (AvgIpc) is 2.65. The Morgan fingerprint density at radius 3 is 2.63 bits per heavy atom. The normalized spacial score (nSPS) is 15.3. The van der Waals surface area contributed by atoms with Crippen LogP contribution >= 0.6 is 0 Å². The third-order valence-electron chi connectivity index (χ3n) is 4.05. The van der Waals surface area contributed by atoms with E-state index in [4.69, 9.17) is 4.98 Å². The van der Waals surface area contributed by atoms with Crippen molar-refractivity contribution in [2.45, 2.75) is 52.4 Å². The molecule has 4 heteroatoms. The van der Waals surface area contributed by atoms with Crippen LogP contribution in [0.25, 0.3) is 0 Å². The van der Waals surface area contributed by atoms with Crippen LogP contribution in [0.4, 0.5) is 0 Å². The average molecular weight is 263 g/mol. The van der Waals surface area contributed by atoms with Crippen molar-refractivity contribution in [3.8, 4) is 0 Å². The Labute approximate surface area is 115 Å². The number of nitrogens with one attached hydrogen (secondary N) is 1. The predicted molar refractivity (Wildman–Crippen MR) is 77.6 cm³/mol. The van der Waals surface area contributed by atoms with Crippen LogP contribution in [0, 0.1) is 0 Å². The highest BCUT2D eigenvalue weighted by Crippen LogP contribution is 2.15. The van der Waals surface area contributed by atoms with Crippen LogP contribution < -0.4 is 5.56 Å². The van der Waals surface area contributed by atoms with Gasteiger partial charge in [0.25, 0.3) is 5.56 Å². The highest BCUT2D eigenvalue weighted by molar-refractivity contribution is 5.19. The van der Waals surface area contributed by atoms with Gasteiger partial charge in [0.05, 0.1) is 5.69 Å². The summed E-state index contributed by atoms with van der Waals surface area (Å²) < 4.78 is 0. The molecular weight excluding hydrogens is 238 g/mol. The smallest absolute Gasteiger partial charge is 0.254 e. The molecule has 1 aromatic rings. The standard InChI is InChI=1S/C15H25N3O/c1-3-18(4-2)11-10-14-16-13-9-7-5-6-8-12(13)15(19)17-14/h3-11H2,1-2H3,(H,16,17,19). The van der Waals surface area contributed by atoms with Crippen molar-refractivity contribution >= 4 is 0 Å². The lowest BCUT2D eigenvalue weighted by Crippen LogP contribution is -2.27. The van der Waals surface area contributed by atoms with Gasteiger partial charge in [-0.05, 0) is 38.8 Å². The molecule has 0 atom stereocenters. The lowest BCUT2D eigenvalue weighted by atomic mass is 10.1. The Bertz CT molecular complexity index is 463. The van der Waals surface area contributed by atoms with Gasteiger partial charge in [-0.3, -0.25) is 4.79 Å². The van der Waals surface area contributed by atoms with Gasteiger partial charge < -0.3 is 9.88 Å². The summed E-state index contributed by atoms with van der Waals surface area (Å²) in [5.74, 6) is 0.859. The van der Waals surface area contributed by atoms with E-state index in [1.165, 1.54) is 12.8 Å². The molecule has 0 saturated carbocycles. The highest BCUT2D eigenvalue weighted by Gasteiger charge is 2.14. The third kappa shape index (κ3) is 3.66. The SMILES string of the molecule is CCN(CC)CCc1nc2c(c(=O)[nH]1)CCCCC2. The predicted octanol–water partition coefficient (Wildman–Crippen LogP) is 1.92. The van der Waals surface area contributed by atoms with Gasteiger partial charge >= 0.3 is 0 Å². The first-order valence-electron chi connectivity index (χ1n) is 7.57. The second-order valence-corrected chi connectivity index (χ2v) is 5.28. The highest BCUT2D eigenvalue weighted by atomic mass is 16.1. The van der Waals surface area contributed by atoms with Gasteiger partial charge in [0.15, 0.2) is 0 Å². The molecule has 1 heterocycles. The maximum Gasteiger partial charge on any atom is 0.254 e. The van der Waals surface area contributed by atoms with Crippen molar-refractivity contribution < 1.29 is 0 Å². The van der Waals surface area contributed by atoms with E-state index in [-0.39, 0.29) is 5.56 Å². The molecule has 106 valence electrons. The van der Waals surface area contributed by atoms with Gasteiger partial charge in [0, 0.05) is 18.5 Å². The molecule has 0 saturated heterocycles. The van der Waals surface area contributed by atoms with E-state index in [2.05, 4.69) is 23.7 Å². The number of hydrogen-bond donors (Lipinski definition) is 1. The van der Waals surface area contributed by atoms with E-state index in [0.29, 0.717) is 0 Å². The Morgan fingerprint density at radius 2 is 1.89 bits per heavy atom. The fourth-order valence-corrected chi connectivity index (χ4v) is 2.75. The number of fused-ring (bicyclic) bond motifs is 1. The van der Waals surface area contributed by atoms with Crippen LogP contribution in [0.5, 0.6) is 0 Å². The molecular formula is C15H25N3O. The summed E-state index contributed by atoms with van der Waals surface area (Å²) in [6.07, 6.45) is 6.20. The molecule has 2 rings (SSSR count). The summed E-state index contributed by atoms with van der Waals surface area (Å²) in [6, 6.07) is 0. The van der Waals surface area contributed by atoms with Crippen molar-refractivity contribution in [2.24, 2.45) is 0 Å². The summed E-state index contributed by atoms with van der Waals surface area (Å²) in [4.78, 5) is 22.1. The lowest BCUT2D eigenvalue weighted by molar-refractivity contribution is 0.305. The van der Waals surface area contributed by atoms with Crippen molar-refractivity contribution in [2.75, 3.05) is 19.6 Å². The summed E-state index contributed by atoms with van der Waals surface area (Å²) >= 11 is 0. The van der Waals surface area contributed by atoms with Crippen LogP contribution in [0.2, 0.25) is 0 Å². The van der Waals surface area contributed by atoms with E-state index in [0.717, 1.165) is 62.4 Å². The van der Waals surface area contributed by atoms with Crippen LogP contribution in [-0.4, -0.2) is 34.5 Å². The summed E-state index contributed by atoms with van der Waals surface area (Å²) in [5, 5.41) is 0. The van der Waals surface area contributed by atoms with Crippen molar-refractivity contribution in [3.05, 3.63) is 27.4 Å². The maximum absolute atomic E-state index is 12.1. The molecule has 4 nitrogen and oxygen atoms in total. The topological polar surface area (TPSA) is 49.0 Å². The molecule has 1 aliphatic rings. The quantitative estimate of drug-likeness (QED) is 0.826. The Kier molecular flexibility index (Phi) is 5.14. The Balaban J connectivity index is 2.12. The minimum Gasteiger partial charge on any atom is -0.310 e. The number of aryl methyl sites for hydroxylation is 1. The fraction of sp³-hybridized carbons (Fsp3) is 0.733. The number of nitrogens with zero attached hydrogens (tertiary/aromatic N) is 2. The van der Waals surface area contributed by atoms with Crippen molar-refractivity contribution in [3.63, 3.8) is 0 Å². The molecule has 0 aliphatic heterocycles. The van der Waals surface area contributed by atoms with Gasteiger partial charge in [0.2, 0.25) is 0 Å². The third-order valence-corrected chi connectivity index (χ3v) is 4.05. The van der Waals surface area contributed by atoms with E-state index in [1.807, 2.05) is 0 Å². The van der Waals surface area contributed by atoms with Crippen LogP contribution in [0.1, 0.15) is 50.2 Å². The lowest BCUT2D eigenvalue weighted by Gasteiger charge is -2.17. The molecule has 19 heavy (non-hydrogen) atoms. The zero-order chi connectivity index (χ0) is 13.7. The molecule has 1 N–H and O–H groups in total. The second kappa shape index (κ2) is 6.85. The van der Waals surface area contributed by atoms with Gasteiger partial charge in [-0.1, -0.05) is 20.3 Å². The molecule has 0 amide bonds. The van der Waals surface area contributed by atoms with Gasteiger partial charge in [-0.2, -0.15) is 0 Å². The number of H-pyrrole nitrogens is 1. The van der Waals surface area contributed by atoms with E-state index in [1.54, 1.807) is 0 Å². The summed E-state index contributed by atoms with van der Waals surface area (Å²) in [5.41, 5.74) is 2.08. The van der Waals surface area contributed by atoms with Gasteiger partial charge in [0.1, 0.15) is 5.82 Å². The van der Waals surface area contributed by atoms with E-state index < -0.39 is 0 Å². The van der Waals surface area contributed by atoms with Crippen LogP contribution in [0.3, 0.4) is 0 Å². The first-order valence-corrected chi connectivity index (χ1v) is 7.57. The minimum atomic E-state index is 0.0986. The number of aromatic nitrogens is 2. The molecule has 0 spiro atoms. The zero-order valence-corrected chi connectivity index (χ0v) is 12.2. The fourth-order valence-electron chi connectivity index (χ4n) is 2.75.